The van der Waals surface area contributed by atoms with Crippen molar-refractivity contribution in [3.63, 3.8) is 0 Å². The summed E-state index contributed by atoms with van der Waals surface area (Å²) in [6.07, 6.45) is 0. The Morgan fingerprint density at radius 2 is 1.73 bits per heavy atom. The molecule has 1 N–H and O–H groups in total. The maximum Gasteiger partial charge on any atom is 0.255 e. The van der Waals surface area contributed by atoms with Crippen molar-refractivity contribution < 1.29 is 14.3 Å². The van der Waals surface area contributed by atoms with Crippen molar-refractivity contribution in [1.82, 2.24) is 10.2 Å². The lowest BCUT2D eigenvalue weighted by molar-refractivity contribution is 0.0948. The molecule has 0 aliphatic rings. The topological polar surface area (TPSA) is 50.8 Å². The molecule has 2 aromatic rings. The van der Waals surface area contributed by atoms with Crippen molar-refractivity contribution in [2.75, 3.05) is 27.3 Å². The van der Waals surface area contributed by atoms with Crippen LogP contribution in [0.3, 0.4) is 0 Å². The van der Waals surface area contributed by atoms with Gasteiger partial charge in [0.2, 0.25) is 0 Å². The lowest BCUT2D eigenvalue weighted by atomic mass is 10.1. The third kappa shape index (κ3) is 5.23. The van der Waals surface area contributed by atoms with Crippen LogP contribution in [0.15, 0.2) is 42.5 Å². The zero-order chi connectivity index (χ0) is 18.9. The molecule has 0 bridgehead atoms. The fourth-order valence-corrected chi connectivity index (χ4v) is 2.81. The van der Waals surface area contributed by atoms with Gasteiger partial charge in [0, 0.05) is 19.2 Å². The second-order valence-corrected chi connectivity index (χ2v) is 6.03. The molecular formula is C21H28N2O3. The minimum Gasteiger partial charge on any atom is -0.497 e. The first-order valence-corrected chi connectivity index (χ1v) is 8.91. The molecule has 140 valence electrons. The van der Waals surface area contributed by atoms with Gasteiger partial charge in [0.15, 0.2) is 0 Å². The minimum atomic E-state index is -0.168. The van der Waals surface area contributed by atoms with Crippen LogP contribution < -0.4 is 14.8 Å². The fraction of sp³-hybridized carbons (Fsp3) is 0.381. The van der Waals surface area contributed by atoms with Crippen molar-refractivity contribution in [1.29, 1.82) is 0 Å². The lowest BCUT2D eigenvalue weighted by Crippen LogP contribution is -2.24. The molecule has 1 amide bonds. The summed E-state index contributed by atoms with van der Waals surface area (Å²) in [4.78, 5) is 14.9. The summed E-state index contributed by atoms with van der Waals surface area (Å²) < 4.78 is 10.5. The van der Waals surface area contributed by atoms with E-state index in [2.05, 4.69) is 36.2 Å². The quantitative estimate of drug-likeness (QED) is 0.747. The third-order valence-corrected chi connectivity index (χ3v) is 4.40. The summed E-state index contributed by atoms with van der Waals surface area (Å²) >= 11 is 0. The summed E-state index contributed by atoms with van der Waals surface area (Å²) in [7, 11) is 3.13. The number of carbonyl (C=O) groups is 1. The summed E-state index contributed by atoms with van der Waals surface area (Å²) in [6, 6.07) is 13.5. The van der Waals surface area contributed by atoms with E-state index in [-0.39, 0.29) is 5.91 Å². The molecule has 0 fully saturated rings. The number of ether oxygens (including phenoxy) is 2. The van der Waals surface area contributed by atoms with E-state index < -0.39 is 0 Å². The smallest absolute Gasteiger partial charge is 0.255 e. The molecule has 0 aliphatic heterocycles. The Kier molecular flexibility index (Phi) is 7.48. The highest BCUT2D eigenvalue weighted by molar-refractivity contribution is 5.97. The predicted octanol–water partition coefficient (Wildman–Crippen LogP) is 3.48. The lowest BCUT2D eigenvalue weighted by Gasteiger charge is -2.18. The molecule has 0 radical (unpaired) electrons. The first kappa shape index (κ1) is 19.8. The van der Waals surface area contributed by atoms with Crippen molar-refractivity contribution in [3.05, 3.63) is 59.2 Å². The Morgan fingerprint density at radius 3 is 2.38 bits per heavy atom. The number of amides is 1. The highest BCUT2D eigenvalue weighted by Gasteiger charge is 2.13. The molecule has 0 unspecified atom stereocenters. The molecule has 0 atom stereocenters. The van der Waals surface area contributed by atoms with Crippen LogP contribution in [0.25, 0.3) is 0 Å². The van der Waals surface area contributed by atoms with E-state index in [4.69, 9.17) is 9.47 Å². The number of hydrogen-bond donors (Lipinski definition) is 1. The van der Waals surface area contributed by atoms with E-state index in [1.165, 1.54) is 5.56 Å². The van der Waals surface area contributed by atoms with Crippen molar-refractivity contribution >= 4 is 5.91 Å². The number of benzene rings is 2. The van der Waals surface area contributed by atoms with E-state index in [9.17, 15) is 4.79 Å². The van der Waals surface area contributed by atoms with Gasteiger partial charge in [-0.3, -0.25) is 9.69 Å². The van der Waals surface area contributed by atoms with Crippen LogP contribution >= 0.6 is 0 Å². The van der Waals surface area contributed by atoms with Crippen LogP contribution in [0, 0.1) is 0 Å². The Morgan fingerprint density at radius 1 is 1.00 bits per heavy atom. The number of nitrogens with zero attached hydrogens (tertiary/aromatic N) is 1. The molecule has 0 saturated heterocycles. The van der Waals surface area contributed by atoms with Gasteiger partial charge >= 0.3 is 0 Å². The second-order valence-electron chi connectivity index (χ2n) is 6.03. The van der Waals surface area contributed by atoms with Crippen LogP contribution in [0.5, 0.6) is 11.5 Å². The number of hydrogen-bond acceptors (Lipinski definition) is 4. The standard InChI is InChI=1S/C21H28N2O3/c1-5-23(6-2)15-17-9-7-8-16(12-17)14-22-21(24)19-11-10-18(25-3)13-20(19)26-4/h7-13H,5-6,14-15H2,1-4H3,(H,22,24). The zero-order valence-corrected chi connectivity index (χ0v) is 16.0. The second kappa shape index (κ2) is 9.82. The maximum atomic E-state index is 12.5. The van der Waals surface area contributed by atoms with Gasteiger partial charge in [-0.15, -0.1) is 0 Å². The Bertz CT molecular complexity index is 727. The van der Waals surface area contributed by atoms with Crippen LogP contribution in [0.2, 0.25) is 0 Å². The molecule has 5 nitrogen and oxygen atoms in total. The molecule has 2 aromatic carbocycles. The van der Waals surface area contributed by atoms with Crippen LogP contribution in [0.1, 0.15) is 35.3 Å². The molecular weight excluding hydrogens is 328 g/mol. The van der Waals surface area contributed by atoms with E-state index in [0.717, 1.165) is 25.2 Å². The van der Waals surface area contributed by atoms with Crippen molar-refractivity contribution in [2.45, 2.75) is 26.9 Å². The fourth-order valence-electron chi connectivity index (χ4n) is 2.81. The molecule has 5 heteroatoms. The van der Waals surface area contributed by atoms with E-state index in [1.807, 2.05) is 12.1 Å². The largest absolute Gasteiger partial charge is 0.497 e. The van der Waals surface area contributed by atoms with Crippen molar-refractivity contribution in [3.8, 4) is 11.5 Å². The van der Waals surface area contributed by atoms with Gasteiger partial charge in [-0.25, -0.2) is 0 Å². The molecule has 0 saturated carbocycles. The zero-order valence-electron chi connectivity index (χ0n) is 16.0. The Labute approximate surface area is 155 Å². The van der Waals surface area contributed by atoms with Crippen LogP contribution in [0.4, 0.5) is 0 Å². The summed E-state index contributed by atoms with van der Waals surface area (Å²) in [5.74, 6) is 0.985. The first-order chi connectivity index (χ1) is 12.6. The number of nitrogens with one attached hydrogen (secondary N) is 1. The number of rotatable bonds is 9. The normalized spacial score (nSPS) is 10.7. The minimum absolute atomic E-state index is 0.168. The average Bonchev–Trinajstić information content (AvgIpc) is 2.69. The Hall–Kier alpha value is -2.53. The molecule has 0 aromatic heterocycles. The van der Waals surface area contributed by atoms with Gasteiger partial charge in [0.1, 0.15) is 11.5 Å². The van der Waals surface area contributed by atoms with Gasteiger partial charge in [0.25, 0.3) is 5.91 Å². The maximum absolute atomic E-state index is 12.5. The molecule has 0 spiro atoms. The predicted molar refractivity (Wildman–Crippen MR) is 104 cm³/mol. The summed E-state index contributed by atoms with van der Waals surface area (Å²) in [5, 5.41) is 2.96. The van der Waals surface area contributed by atoms with E-state index in [0.29, 0.717) is 23.6 Å². The summed E-state index contributed by atoms with van der Waals surface area (Å²) in [6.45, 7) is 7.76. The van der Waals surface area contributed by atoms with Crippen LogP contribution in [-0.4, -0.2) is 38.1 Å². The van der Waals surface area contributed by atoms with Gasteiger partial charge < -0.3 is 14.8 Å². The van der Waals surface area contributed by atoms with Gasteiger partial charge in [-0.05, 0) is 36.3 Å². The molecule has 0 aliphatic carbocycles. The monoisotopic (exact) mass is 356 g/mol. The highest BCUT2D eigenvalue weighted by Crippen LogP contribution is 2.24. The average molecular weight is 356 g/mol. The molecule has 0 heterocycles. The van der Waals surface area contributed by atoms with Crippen molar-refractivity contribution in [2.24, 2.45) is 0 Å². The first-order valence-electron chi connectivity index (χ1n) is 8.91. The van der Waals surface area contributed by atoms with Gasteiger partial charge in [-0.2, -0.15) is 0 Å². The molecule has 2 rings (SSSR count). The van der Waals surface area contributed by atoms with Gasteiger partial charge in [-0.1, -0.05) is 38.1 Å². The Balaban J connectivity index is 2.03. The highest BCUT2D eigenvalue weighted by atomic mass is 16.5. The van der Waals surface area contributed by atoms with E-state index >= 15 is 0 Å². The van der Waals surface area contributed by atoms with Crippen LogP contribution in [-0.2, 0) is 13.1 Å². The number of methoxy groups -OCH3 is 2. The SMILES string of the molecule is CCN(CC)Cc1cccc(CNC(=O)c2ccc(OC)cc2OC)c1. The van der Waals surface area contributed by atoms with Gasteiger partial charge in [0.05, 0.1) is 19.8 Å². The summed E-state index contributed by atoms with van der Waals surface area (Å²) in [5.41, 5.74) is 2.82. The molecule has 26 heavy (non-hydrogen) atoms. The third-order valence-electron chi connectivity index (χ3n) is 4.40. The number of carbonyl (C=O) groups excluding carboxylic acids is 1. The van der Waals surface area contributed by atoms with E-state index in [1.54, 1.807) is 32.4 Å².